The van der Waals surface area contributed by atoms with Gasteiger partial charge in [-0.05, 0) is 50.8 Å². The van der Waals surface area contributed by atoms with E-state index in [2.05, 4.69) is 27.2 Å². The molecule has 7 heteroatoms. The molecule has 0 amide bonds. The van der Waals surface area contributed by atoms with Crippen molar-refractivity contribution in [2.45, 2.75) is 45.7 Å². The zero-order chi connectivity index (χ0) is 17.1. The van der Waals surface area contributed by atoms with Crippen LogP contribution in [0.15, 0.2) is 18.2 Å². The van der Waals surface area contributed by atoms with Crippen molar-refractivity contribution in [2.24, 2.45) is 0 Å². The normalized spacial score (nSPS) is 20.8. The van der Waals surface area contributed by atoms with Gasteiger partial charge in [0.15, 0.2) is 5.82 Å². The van der Waals surface area contributed by atoms with Crippen LogP contribution >= 0.6 is 11.6 Å². The van der Waals surface area contributed by atoms with Gasteiger partial charge >= 0.3 is 0 Å². The number of nitrogens with one attached hydrogen (secondary N) is 2. The van der Waals surface area contributed by atoms with Crippen LogP contribution in [0.4, 0.5) is 17.6 Å². The number of rotatable bonds is 4. The third kappa shape index (κ3) is 3.94. The number of aromatic nitrogens is 3. The number of nitrogens with zero attached hydrogens (tertiary/aromatic N) is 3. The van der Waals surface area contributed by atoms with Crippen LogP contribution in [0.1, 0.15) is 37.6 Å². The van der Waals surface area contributed by atoms with Crippen LogP contribution in [0.25, 0.3) is 0 Å². The fourth-order valence-corrected chi connectivity index (χ4v) is 3.33. The van der Waals surface area contributed by atoms with Gasteiger partial charge in [-0.15, -0.1) is 0 Å². The van der Waals surface area contributed by atoms with Crippen molar-refractivity contribution in [1.29, 1.82) is 0 Å². The topological polar surface area (TPSA) is 81.2 Å². The van der Waals surface area contributed by atoms with Gasteiger partial charge in [0.05, 0.1) is 12.6 Å². The van der Waals surface area contributed by atoms with E-state index in [1.54, 1.807) is 0 Å². The number of nitrogens with two attached hydrogens (primary N) is 1. The molecule has 0 aliphatic carbocycles. The van der Waals surface area contributed by atoms with Gasteiger partial charge in [0.1, 0.15) is 6.54 Å². The van der Waals surface area contributed by atoms with E-state index in [0.717, 1.165) is 30.2 Å². The van der Waals surface area contributed by atoms with Crippen molar-refractivity contribution in [3.63, 3.8) is 0 Å². The van der Waals surface area contributed by atoms with E-state index < -0.39 is 0 Å². The van der Waals surface area contributed by atoms with E-state index in [1.807, 2.05) is 25.1 Å². The predicted molar refractivity (Wildman–Crippen MR) is 96.6 cm³/mol. The number of benzene rings is 1. The number of anilines is 3. The molecule has 2 heterocycles. The Balaban J connectivity index is 1.79. The molecule has 4 N–H and O–H groups in total. The average molecular weight is 348 g/mol. The molecule has 1 aliphatic rings. The third-order valence-corrected chi connectivity index (χ3v) is 5.09. The first-order chi connectivity index (χ1) is 11.5. The highest BCUT2D eigenvalue weighted by Gasteiger charge is 2.23. The second kappa shape index (κ2) is 7.32. The molecule has 1 fully saturated rings. The van der Waals surface area contributed by atoms with Crippen molar-refractivity contribution >= 4 is 29.2 Å². The quantitative estimate of drug-likeness (QED) is 0.789. The first-order valence-corrected chi connectivity index (χ1v) is 8.78. The molecule has 3 rings (SSSR count). The summed E-state index contributed by atoms with van der Waals surface area (Å²) in [6, 6.07) is 6.32. The summed E-state index contributed by atoms with van der Waals surface area (Å²) in [4.78, 5) is 14.6. The Morgan fingerprint density at radius 3 is 2.92 bits per heavy atom. The van der Waals surface area contributed by atoms with Crippen molar-refractivity contribution in [3.05, 3.63) is 34.6 Å². The number of quaternary nitrogens is 1. The summed E-state index contributed by atoms with van der Waals surface area (Å²) in [6.07, 6.45) is 3.82. The van der Waals surface area contributed by atoms with E-state index in [0.29, 0.717) is 17.0 Å². The summed E-state index contributed by atoms with van der Waals surface area (Å²) in [6.45, 7) is 6.17. The number of nitrogen functional groups attached to an aromatic ring is 1. The number of hydrogen-bond donors (Lipinski definition) is 3. The van der Waals surface area contributed by atoms with Crippen LogP contribution in [-0.4, -0.2) is 27.5 Å². The van der Waals surface area contributed by atoms with Crippen molar-refractivity contribution < 1.29 is 4.90 Å². The highest BCUT2D eigenvalue weighted by atomic mass is 35.5. The fourth-order valence-electron chi connectivity index (χ4n) is 3.16. The lowest BCUT2D eigenvalue weighted by Crippen LogP contribution is -3.15. The molecule has 1 unspecified atom stereocenters. The van der Waals surface area contributed by atoms with Crippen LogP contribution < -0.4 is 16.0 Å². The lowest BCUT2D eigenvalue weighted by Gasteiger charge is -2.29. The highest BCUT2D eigenvalue weighted by Crippen LogP contribution is 2.25. The molecule has 1 aromatic carbocycles. The Morgan fingerprint density at radius 2 is 2.12 bits per heavy atom. The maximum Gasteiger partial charge on any atom is 0.232 e. The van der Waals surface area contributed by atoms with E-state index in [1.165, 1.54) is 24.2 Å². The second-order valence-electron chi connectivity index (χ2n) is 6.45. The number of piperidine rings is 1. The van der Waals surface area contributed by atoms with E-state index >= 15 is 0 Å². The molecule has 128 valence electrons. The summed E-state index contributed by atoms with van der Waals surface area (Å²) < 4.78 is 0. The van der Waals surface area contributed by atoms with Gasteiger partial charge in [-0.25, -0.2) is 0 Å². The Labute approximate surface area is 147 Å². The van der Waals surface area contributed by atoms with Crippen molar-refractivity contribution in [1.82, 2.24) is 15.0 Å². The molecular formula is C17H24ClN6+. The Morgan fingerprint density at radius 1 is 1.29 bits per heavy atom. The molecule has 24 heavy (non-hydrogen) atoms. The Kier molecular flexibility index (Phi) is 5.16. The van der Waals surface area contributed by atoms with Gasteiger partial charge in [0, 0.05) is 10.7 Å². The fraction of sp³-hybridized carbons (Fsp3) is 0.471. The molecular weight excluding hydrogens is 324 g/mol. The second-order valence-corrected chi connectivity index (χ2v) is 6.86. The van der Waals surface area contributed by atoms with Crippen LogP contribution in [0.5, 0.6) is 0 Å². The van der Waals surface area contributed by atoms with Crippen molar-refractivity contribution in [3.8, 4) is 0 Å². The van der Waals surface area contributed by atoms with Crippen LogP contribution in [0.2, 0.25) is 5.02 Å². The molecule has 2 aromatic rings. The van der Waals surface area contributed by atoms with Crippen molar-refractivity contribution in [2.75, 3.05) is 17.6 Å². The van der Waals surface area contributed by atoms with Gasteiger partial charge in [0.2, 0.25) is 11.9 Å². The number of hydrogen-bond acceptors (Lipinski definition) is 5. The molecule has 1 saturated heterocycles. The standard InChI is InChI=1S/C17H23ClN6/c1-11-6-3-4-9-24(11)10-15-21-16(19)23-17(22-15)20-14-8-5-7-13(18)12(14)2/h5,7-8,11H,3-4,6,9-10H2,1-2H3,(H3,19,20,21,22,23)/p+1/t11-/m0/s1. The molecule has 0 saturated carbocycles. The average Bonchev–Trinajstić information content (AvgIpc) is 2.54. The maximum atomic E-state index is 6.17. The van der Waals surface area contributed by atoms with Crippen LogP contribution in [-0.2, 0) is 6.54 Å². The minimum atomic E-state index is 0.242. The third-order valence-electron chi connectivity index (χ3n) is 4.68. The lowest BCUT2D eigenvalue weighted by molar-refractivity contribution is -0.942. The van der Waals surface area contributed by atoms with Gasteiger partial charge in [-0.3, -0.25) is 0 Å². The summed E-state index contributed by atoms with van der Waals surface area (Å²) in [7, 11) is 0. The number of halogens is 1. The van der Waals surface area contributed by atoms with Gasteiger partial charge in [-0.1, -0.05) is 17.7 Å². The molecule has 0 radical (unpaired) electrons. The Bertz CT molecular complexity index is 720. The smallest absolute Gasteiger partial charge is 0.232 e. The summed E-state index contributed by atoms with van der Waals surface area (Å²) in [5, 5.41) is 3.91. The monoisotopic (exact) mass is 347 g/mol. The first-order valence-electron chi connectivity index (χ1n) is 8.40. The minimum Gasteiger partial charge on any atom is -0.368 e. The van der Waals surface area contributed by atoms with E-state index in [-0.39, 0.29) is 5.95 Å². The predicted octanol–water partition coefficient (Wildman–Crippen LogP) is 2.12. The Hall–Kier alpha value is -1.92. The highest BCUT2D eigenvalue weighted by molar-refractivity contribution is 6.31. The number of likely N-dealkylation sites (tertiary alicyclic amines) is 1. The molecule has 1 aromatic heterocycles. The minimum absolute atomic E-state index is 0.242. The molecule has 1 aliphatic heterocycles. The summed E-state index contributed by atoms with van der Waals surface area (Å²) in [5.41, 5.74) is 7.71. The lowest BCUT2D eigenvalue weighted by atomic mass is 10.0. The zero-order valence-electron chi connectivity index (χ0n) is 14.1. The van der Waals surface area contributed by atoms with Gasteiger partial charge in [0.25, 0.3) is 0 Å². The summed E-state index contributed by atoms with van der Waals surface area (Å²) in [5.74, 6) is 1.44. The molecule has 6 nitrogen and oxygen atoms in total. The largest absolute Gasteiger partial charge is 0.368 e. The SMILES string of the molecule is Cc1c(Cl)cccc1Nc1nc(N)nc(C[NH+]2CCCC[C@@H]2C)n1. The zero-order valence-corrected chi connectivity index (χ0v) is 14.9. The molecule has 0 spiro atoms. The van der Waals surface area contributed by atoms with E-state index in [9.17, 15) is 0 Å². The van der Waals surface area contributed by atoms with Gasteiger partial charge in [-0.2, -0.15) is 15.0 Å². The van der Waals surface area contributed by atoms with Crippen LogP contribution in [0, 0.1) is 6.92 Å². The molecule has 0 bridgehead atoms. The van der Waals surface area contributed by atoms with Crippen LogP contribution in [0.3, 0.4) is 0 Å². The maximum absolute atomic E-state index is 6.17. The molecule has 2 atom stereocenters. The summed E-state index contributed by atoms with van der Waals surface area (Å²) >= 11 is 6.17. The first kappa shape index (κ1) is 16.9. The van der Waals surface area contributed by atoms with E-state index in [4.69, 9.17) is 17.3 Å². The van der Waals surface area contributed by atoms with Gasteiger partial charge < -0.3 is 16.0 Å².